The number of hydrogen-bond donors (Lipinski definition) is 2. The number of nitrogens with one attached hydrogen (secondary N) is 1. The van der Waals surface area contributed by atoms with Gasteiger partial charge in [-0.25, -0.2) is 0 Å². The molecule has 0 aliphatic rings. The summed E-state index contributed by atoms with van der Waals surface area (Å²) < 4.78 is 5.13. The van der Waals surface area contributed by atoms with Crippen molar-refractivity contribution in [2.45, 2.75) is 13.0 Å². The number of aromatic hydroxyl groups is 1. The Morgan fingerprint density at radius 1 is 1.00 bits per heavy atom. The molecular formula is C15H17NO2. The highest BCUT2D eigenvalue weighted by Crippen LogP contribution is 2.22. The highest BCUT2D eigenvalue weighted by molar-refractivity contribution is 5.48. The first kappa shape index (κ1) is 12.3. The first-order valence-corrected chi connectivity index (χ1v) is 5.88. The average molecular weight is 243 g/mol. The van der Waals surface area contributed by atoms with Crippen LogP contribution in [0.3, 0.4) is 0 Å². The van der Waals surface area contributed by atoms with E-state index in [1.807, 2.05) is 36.4 Å². The molecule has 0 fully saturated rings. The summed E-state index contributed by atoms with van der Waals surface area (Å²) >= 11 is 0. The van der Waals surface area contributed by atoms with Gasteiger partial charge < -0.3 is 15.2 Å². The molecule has 2 aromatic carbocycles. The maximum absolute atomic E-state index is 9.22. The fourth-order valence-corrected chi connectivity index (χ4v) is 1.78. The number of ether oxygens (including phenoxy) is 1. The van der Waals surface area contributed by atoms with Gasteiger partial charge in [0.15, 0.2) is 0 Å². The van der Waals surface area contributed by atoms with Crippen molar-refractivity contribution in [2.24, 2.45) is 0 Å². The van der Waals surface area contributed by atoms with E-state index in [4.69, 9.17) is 4.74 Å². The Balaban J connectivity index is 2.06. The molecule has 0 saturated carbocycles. The van der Waals surface area contributed by atoms with Crippen molar-refractivity contribution >= 4 is 5.69 Å². The van der Waals surface area contributed by atoms with E-state index in [2.05, 4.69) is 12.2 Å². The topological polar surface area (TPSA) is 41.5 Å². The lowest BCUT2D eigenvalue weighted by atomic mass is 10.1. The van der Waals surface area contributed by atoms with E-state index in [1.165, 1.54) is 5.56 Å². The fraction of sp³-hybridized carbons (Fsp3) is 0.200. The van der Waals surface area contributed by atoms with Crippen molar-refractivity contribution in [3.8, 4) is 11.5 Å². The molecule has 1 unspecified atom stereocenters. The van der Waals surface area contributed by atoms with E-state index in [0.29, 0.717) is 0 Å². The van der Waals surface area contributed by atoms with E-state index in [1.54, 1.807) is 19.2 Å². The largest absolute Gasteiger partial charge is 0.508 e. The first-order chi connectivity index (χ1) is 8.69. The molecule has 2 N–H and O–H groups in total. The van der Waals surface area contributed by atoms with Crippen molar-refractivity contribution in [3.05, 3.63) is 54.1 Å². The molecule has 2 rings (SSSR count). The third kappa shape index (κ3) is 2.94. The summed E-state index contributed by atoms with van der Waals surface area (Å²) in [6.07, 6.45) is 0. The molecule has 0 bridgehead atoms. The highest BCUT2D eigenvalue weighted by Gasteiger charge is 2.05. The normalized spacial score (nSPS) is 11.9. The predicted molar refractivity (Wildman–Crippen MR) is 73.1 cm³/mol. The van der Waals surface area contributed by atoms with E-state index in [9.17, 15) is 5.11 Å². The summed E-state index contributed by atoms with van der Waals surface area (Å²) in [6, 6.07) is 15.2. The van der Waals surface area contributed by atoms with Gasteiger partial charge in [-0.2, -0.15) is 0 Å². The molecular weight excluding hydrogens is 226 g/mol. The summed E-state index contributed by atoms with van der Waals surface area (Å²) in [5.41, 5.74) is 2.17. The van der Waals surface area contributed by atoms with Gasteiger partial charge in [0, 0.05) is 11.7 Å². The van der Waals surface area contributed by atoms with Crippen LogP contribution in [0.2, 0.25) is 0 Å². The van der Waals surface area contributed by atoms with Gasteiger partial charge in [-0.1, -0.05) is 12.1 Å². The zero-order valence-corrected chi connectivity index (χ0v) is 10.6. The van der Waals surface area contributed by atoms with Gasteiger partial charge in [-0.15, -0.1) is 0 Å². The molecule has 0 aromatic heterocycles. The molecule has 2 aromatic rings. The van der Waals surface area contributed by atoms with Gasteiger partial charge in [0.2, 0.25) is 0 Å². The van der Waals surface area contributed by atoms with Crippen LogP contribution in [0.5, 0.6) is 11.5 Å². The first-order valence-electron chi connectivity index (χ1n) is 5.88. The zero-order chi connectivity index (χ0) is 13.0. The van der Waals surface area contributed by atoms with E-state index >= 15 is 0 Å². The molecule has 0 amide bonds. The van der Waals surface area contributed by atoms with Crippen molar-refractivity contribution in [3.63, 3.8) is 0 Å². The number of hydrogen-bond acceptors (Lipinski definition) is 3. The Labute approximate surface area is 107 Å². The Morgan fingerprint density at radius 3 is 2.17 bits per heavy atom. The molecule has 0 heterocycles. The Kier molecular flexibility index (Phi) is 3.72. The lowest BCUT2D eigenvalue weighted by Gasteiger charge is -2.16. The quantitative estimate of drug-likeness (QED) is 0.806. The number of phenolic OH excluding ortho intramolecular Hbond substituents is 1. The van der Waals surface area contributed by atoms with Crippen molar-refractivity contribution < 1.29 is 9.84 Å². The maximum atomic E-state index is 9.22. The molecule has 3 heteroatoms. The molecule has 0 aliphatic heterocycles. The van der Waals surface area contributed by atoms with Crippen LogP contribution in [0.1, 0.15) is 18.5 Å². The Morgan fingerprint density at radius 2 is 1.61 bits per heavy atom. The van der Waals surface area contributed by atoms with Crippen LogP contribution in [0.4, 0.5) is 5.69 Å². The van der Waals surface area contributed by atoms with Crippen LogP contribution >= 0.6 is 0 Å². The fourth-order valence-electron chi connectivity index (χ4n) is 1.78. The van der Waals surface area contributed by atoms with Gasteiger partial charge in [0.25, 0.3) is 0 Å². The van der Waals surface area contributed by atoms with Crippen molar-refractivity contribution in [1.82, 2.24) is 0 Å². The van der Waals surface area contributed by atoms with Crippen LogP contribution in [0.15, 0.2) is 48.5 Å². The monoisotopic (exact) mass is 243 g/mol. The molecule has 3 nitrogen and oxygen atoms in total. The highest BCUT2D eigenvalue weighted by atomic mass is 16.5. The summed E-state index contributed by atoms with van der Waals surface area (Å²) in [7, 11) is 1.66. The Bertz CT molecular complexity index is 491. The number of phenols is 1. The molecule has 0 saturated heterocycles. The van der Waals surface area contributed by atoms with Crippen LogP contribution in [0.25, 0.3) is 0 Å². The average Bonchev–Trinajstić information content (AvgIpc) is 2.41. The van der Waals surface area contributed by atoms with Gasteiger partial charge in [-0.05, 0) is 48.9 Å². The lowest BCUT2D eigenvalue weighted by Crippen LogP contribution is -2.06. The minimum absolute atomic E-state index is 0.195. The zero-order valence-electron chi connectivity index (χ0n) is 10.6. The summed E-state index contributed by atoms with van der Waals surface area (Å²) in [5.74, 6) is 1.13. The summed E-state index contributed by atoms with van der Waals surface area (Å²) in [6.45, 7) is 2.09. The molecule has 0 aliphatic carbocycles. The van der Waals surface area contributed by atoms with Crippen LogP contribution in [-0.4, -0.2) is 12.2 Å². The van der Waals surface area contributed by atoms with E-state index in [0.717, 1.165) is 11.4 Å². The number of anilines is 1. The van der Waals surface area contributed by atoms with Crippen molar-refractivity contribution in [1.29, 1.82) is 0 Å². The second kappa shape index (κ2) is 5.45. The molecule has 18 heavy (non-hydrogen) atoms. The van der Waals surface area contributed by atoms with Crippen molar-refractivity contribution in [2.75, 3.05) is 12.4 Å². The molecule has 0 radical (unpaired) electrons. The molecule has 94 valence electrons. The second-order valence-corrected chi connectivity index (χ2v) is 4.19. The number of methoxy groups -OCH3 is 1. The van der Waals surface area contributed by atoms with Crippen LogP contribution in [0, 0.1) is 0 Å². The van der Waals surface area contributed by atoms with Gasteiger partial charge >= 0.3 is 0 Å². The number of rotatable bonds is 4. The van der Waals surface area contributed by atoms with Gasteiger partial charge in [0.05, 0.1) is 7.11 Å². The van der Waals surface area contributed by atoms with Gasteiger partial charge in [0.1, 0.15) is 11.5 Å². The van der Waals surface area contributed by atoms with Crippen LogP contribution in [-0.2, 0) is 0 Å². The number of benzene rings is 2. The third-order valence-corrected chi connectivity index (χ3v) is 2.87. The summed E-state index contributed by atoms with van der Waals surface area (Å²) in [5, 5.41) is 12.6. The van der Waals surface area contributed by atoms with Crippen LogP contribution < -0.4 is 10.1 Å². The molecule has 1 atom stereocenters. The summed E-state index contributed by atoms with van der Waals surface area (Å²) in [4.78, 5) is 0. The minimum atomic E-state index is 0.195. The third-order valence-electron chi connectivity index (χ3n) is 2.87. The standard InChI is InChI=1S/C15H17NO2/c1-11(12-3-9-15(18-2)10-4-12)16-13-5-7-14(17)8-6-13/h3-11,16-17H,1-2H3. The van der Waals surface area contributed by atoms with E-state index < -0.39 is 0 Å². The SMILES string of the molecule is COc1ccc(C(C)Nc2ccc(O)cc2)cc1. The molecule has 0 spiro atoms. The lowest BCUT2D eigenvalue weighted by molar-refractivity contribution is 0.414. The minimum Gasteiger partial charge on any atom is -0.508 e. The Hall–Kier alpha value is -2.16. The predicted octanol–water partition coefficient (Wildman–Crippen LogP) is 3.57. The maximum Gasteiger partial charge on any atom is 0.118 e. The van der Waals surface area contributed by atoms with E-state index in [-0.39, 0.29) is 11.8 Å². The second-order valence-electron chi connectivity index (χ2n) is 4.19. The van der Waals surface area contributed by atoms with Gasteiger partial charge in [-0.3, -0.25) is 0 Å². The smallest absolute Gasteiger partial charge is 0.118 e.